The first-order valence-electron chi connectivity index (χ1n) is 6.39. The van der Waals surface area contributed by atoms with Gasteiger partial charge in [0, 0.05) is 0 Å². The van der Waals surface area contributed by atoms with E-state index in [-0.39, 0.29) is 4.08 Å². The zero-order valence-electron chi connectivity index (χ0n) is 10.1. The number of hydrogen-bond donors (Lipinski definition) is 0. The first-order chi connectivity index (χ1) is 8.92. The third-order valence-corrected chi connectivity index (χ3v) is 7.14. The van der Waals surface area contributed by atoms with Gasteiger partial charge in [-0.05, 0) is 40.2 Å². The van der Waals surface area contributed by atoms with Crippen LogP contribution in [0.25, 0.3) is 11.1 Å². The summed E-state index contributed by atoms with van der Waals surface area (Å²) in [5, 5.41) is 0. The Kier molecular flexibility index (Phi) is 2.49. The minimum Gasteiger partial charge on any atom is -0.135 e. The van der Waals surface area contributed by atoms with E-state index in [0.29, 0.717) is 0 Å². The van der Waals surface area contributed by atoms with Gasteiger partial charge in [-0.15, -0.1) is 23.5 Å². The van der Waals surface area contributed by atoms with Gasteiger partial charge < -0.3 is 0 Å². The minimum absolute atomic E-state index is 0.172. The first-order valence-corrected chi connectivity index (χ1v) is 8.36. The second-order valence-electron chi connectivity index (χ2n) is 4.76. The van der Waals surface area contributed by atoms with E-state index in [4.69, 9.17) is 0 Å². The maximum absolute atomic E-state index is 2.32. The largest absolute Gasteiger partial charge is 0.135 e. The Morgan fingerprint density at radius 1 is 0.722 bits per heavy atom. The van der Waals surface area contributed by atoms with Gasteiger partial charge in [-0.25, -0.2) is 0 Å². The van der Waals surface area contributed by atoms with Gasteiger partial charge in [0.05, 0.1) is 0 Å². The van der Waals surface area contributed by atoms with Crippen molar-refractivity contribution >= 4 is 23.5 Å². The van der Waals surface area contributed by atoms with Gasteiger partial charge in [-0.2, -0.15) is 0 Å². The lowest BCUT2D eigenvalue weighted by Crippen LogP contribution is -2.21. The van der Waals surface area contributed by atoms with Gasteiger partial charge >= 0.3 is 0 Å². The Balaban J connectivity index is 2.03. The van der Waals surface area contributed by atoms with E-state index in [1.165, 1.54) is 40.2 Å². The molecule has 0 nitrogen and oxygen atoms in total. The molecule has 0 radical (unpaired) electrons. The number of hydrogen-bond acceptors (Lipinski definition) is 2. The third-order valence-electron chi connectivity index (χ3n) is 3.75. The Morgan fingerprint density at radius 2 is 1.22 bits per heavy atom. The van der Waals surface area contributed by atoms with E-state index in [1.54, 1.807) is 0 Å². The predicted molar refractivity (Wildman–Crippen MR) is 82.2 cm³/mol. The molecule has 90 valence electrons. The molecule has 18 heavy (non-hydrogen) atoms. The van der Waals surface area contributed by atoms with Gasteiger partial charge in [0.15, 0.2) is 0 Å². The molecule has 0 atom stereocenters. The summed E-state index contributed by atoms with van der Waals surface area (Å²) in [4.78, 5) is 0. The highest BCUT2D eigenvalue weighted by molar-refractivity contribution is 8.18. The second-order valence-corrected chi connectivity index (χ2v) is 7.64. The topological polar surface area (TPSA) is 0 Å². The normalized spacial score (nSPS) is 19.6. The highest BCUT2D eigenvalue weighted by Gasteiger charge is 2.44. The van der Waals surface area contributed by atoms with Gasteiger partial charge in [-0.1, -0.05) is 48.5 Å². The summed E-state index contributed by atoms with van der Waals surface area (Å²) in [7, 11) is 0. The molecule has 1 aliphatic carbocycles. The van der Waals surface area contributed by atoms with Crippen LogP contribution in [0.4, 0.5) is 0 Å². The van der Waals surface area contributed by atoms with E-state index < -0.39 is 0 Å². The summed E-state index contributed by atoms with van der Waals surface area (Å²) in [5.41, 5.74) is 5.91. The summed E-state index contributed by atoms with van der Waals surface area (Å²) in [6.07, 6.45) is 1.33. The molecular formula is C16H14S2. The number of rotatable bonds is 0. The van der Waals surface area contributed by atoms with Crippen LogP contribution in [-0.2, 0) is 4.08 Å². The summed E-state index contributed by atoms with van der Waals surface area (Å²) in [6, 6.07) is 17.9. The molecule has 0 unspecified atom stereocenters. The number of fused-ring (bicyclic) bond motifs is 5. The standard InChI is InChI=1S/C16H14S2/c1-3-8-14-12(6-1)13-7-2-4-9-15(13)16(14)17-10-5-11-18-16/h1-4,6-9H,5,10-11H2. The van der Waals surface area contributed by atoms with Crippen molar-refractivity contribution < 1.29 is 0 Å². The summed E-state index contributed by atoms with van der Waals surface area (Å²) in [6.45, 7) is 0. The fourth-order valence-corrected chi connectivity index (χ4v) is 6.50. The number of thioether (sulfide) groups is 2. The minimum atomic E-state index is 0.172. The maximum Gasteiger partial charge on any atom is 0.112 e. The lowest BCUT2D eigenvalue weighted by atomic mass is 10.1. The van der Waals surface area contributed by atoms with Gasteiger partial charge in [0.25, 0.3) is 0 Å². The molecule has 1 fully saturated rings. The van der Waals surface area contributed by atoms with E-state index in [1.807, 2.05) is 0 Å². The van der Waals surface area contributed by atoms with Crippen LogP contribution in [-0.4, -0.2) is 11.5 Å². The summed E-state index contributed by atoms with van der Waals surface area (Å²) >= 11 is 4.24. The van der Waals surface area contributed by atoms with Crippen LogP contribution in [0.5, 0.6) is 0 Å². The Labute approximate surface area is 116 Å². The highest BCUT2D eigenvalue weighted by Crippen LogP contribution is 2.62. The average molecular weight is 270 g/mol. The third kappa shape index (κ3) is 1.36. The van der Waals surface area contributed by atoms with E-state index in [0.717, 1.165) is 0 Å². The summed E-state index contributed by atoms with van der Waals surface area (Å²) < 4.78 is 0.172. The fraction of sp³-hybridized carbons (Fsp3) is 0.250. The van der Waals surface area contributed by atoms with Crippen molar-refractivity contribution in [2.75, 3.05) is 11.5 Å². The van der Waals surface area contributed by atoms with Crippen LogP contribution in [0.15, 0.2) is 48.5 Å². The van der Waals surface area contributed by atoms with E-state index in [2.05, 4.69) is 72.1 Å². The van der Waals surface area contributed by atoms with Gasteiger partial charge in [0.2, 0.25) is 0 Å². The molecule has 1 aliphatic heterocycles. The molecule has 1 spiro atoms. The molecule has 0 N–H and O–H groups in total. The van der Waals surface area contributed by atoms with Crippen LogP contribution < -0.4 is 0 Å². The van der Waals surface area contributed by atoms with Crippen molar-refractivity contribution in [1.82, 2.24) is 0 Å². The molecule has 1 saturated heterocycles. The van der Waals surface area contributed by atoms with Gasteiger partial charge in [0.1, 0.15) is 4.08 Å². The molecule has 0 saturated carbocycles. The van der Waals surface area contributed by atoms with Crippen LogP contribution in [0, 0.1) is 0 Å². The lowest BCUT2D eigenvalue weighted by Gasteiger charge is -2.34. The monoisotopic (exact) mass is 270 g/mol. The van der Waals surface area contributed by atoms with Crippen molar-refractivity contribution in [1.29, 1.82) is 0 Å². The molecule has 0 bridgehead atoms. The molecule has 2 aliphatic rings. The Hall–Kier alpha value is -0.860. The van der Waals surface area contributed by atoms with Crippen LogP contribution in [0.1, 0.15) is 17.5 Å². The van der Waals surface area contributed by atoms with E-state index >= 15 is 0 Å². The quantitative estimate of drug-likeness (QED) is 0.678. The van der Waals surface area contributed by atoms with Crippen LogP contribution in [0.3, 0.4) is 0 Å². The Bertz CT molecular complexity index is 550. The highest BCUT2D eigenvalue weighted by atomic mass is 32.2. The second kappa shape index (κ2) is 4.07. The van der Waals surface area contributed by atoms with Crippen LogP contribution >= 0.6 is 23.5 Å². The first kappa shape index (κ1) is 11.0. The summed E-state index contributed by atoms with van der Waals surface area (Å²) in [5.74, 6) is 2.55. The van der Waals surface area contributed by atoms with Gasteiger partial charge in [-0.3, -0.25) is 0 Å². The predicted octanol–water partition coefficient (Wildman–Crippen LogP) is 4.74. The lowest BCUT2D eigenvalue weighted by molar-refractivity contribution is 1.03. The van der Waals surface area contributed by atoms with E-state index in [9.17, 15) is 0 Å². The molecule has 4 rings (SSSR count). The Morgan fingerprint density at radius 3 is 1.78 bits per heavy atom. The molecule has 0 aromatic heterocycles. The molecule has 0 amide bonds. The average Bonchev–Trinajstić information content (AvgIpc) is 2.72. The smallest absolute Gasteiger partial charge is 0.112 e. The molecular weight excluding hydrogens is 256 g/mol. The van der Waals surface area contributed by atoms with Crippen LogP contribution in [0.2, 0.25) is 0 Å². The van der Waals surface area contributed by atoms with Crippen molar-refractivity contribution in [2.24, 2.45) is 0 Å². The van der Waals surface area contributed by atoms with Crippen molar-refractivity contribution in [3.63, 3.8) is 0 Å². The zero-order chi connectivity index (χ0) is 12.0. The molecule has 1 heterocycles. The zero-order valence-corrected chi connectivity index (χ0v) is 11.7. The fourth-order valence-electron chi connectivity index (χ4n) is 3.00. The molecule has 2 aromatic carbocycles. The van der Waals surface area contributed by atoms with Crippen molar-refractivity contribution in [3.05, 3.63) is 59.7 Å². The maximum atomic E-state index is 2.32. The van der Waals surface area contributed by atoms with Crippen molar-refractivity contribution in [3.8, 4) is 11.1 Å². The molecule has 2 heteroatoms. The number of benzene rings is 2. The van der Waals surface area contributed by atoms with Crippen molar-refractivity contribution in [2.45, 2.75) is 10.5 Å². The molecule has 2 aromatic rings. The SMILES string of the molecule is c1ccc2c(c1)-c1ccccc1C21SCCCS1.